The minimum absolute atomic E-state index is 0.0864. The van der Waals surface area contributed by atoms with Gasteiger partial charge >= 0.3 is 0 Å². The highest BCUT2D eigenvalue weighted by Crippen LogP contribution is 2.15. The largest absolute Gasteiger partial charge is 0.378 e. The van der Waals surface area contributed by atoms with Gasteiger partial charge in [-0.05, 0) is 41.5 Å². The molecular formula is C18H38N2O3. The molecule has 0 spiro atoms. The number of piperazine rings is 1. The lowest BCUT2D eigenvalue weighted by molar-refractivity contribution is -0.0435. The summed E-state index contributed by atoms with van der Waals surface area (Å²) < 4.78 is 16.8. The van der Waals surface area contributed by atoms with Crippen molar-refractivity contribution in [3.63, 3.8) is 0 Å². The molecule has 0 saturated carbocycles. The molecule has 0 aliphatic carbocycles. The highest BCUT2D eigenvalue weighted by atomic mass is 16.5. The second kappa shape index (κ2) is 9.94. The molecule has 23 heavy (non-hydrogen) atoms. The van der Waals surface area contributed by atoms with Crippen LogP contribution in [0.4, 0.5) is 0 Å². The van der Waals surface area contributed by atoms with E-state index in [4.69, 9.17) is 14.2 Å². The van der Waals surface area contributed by atoms with Crippen LogP contribution in [0.25, 0.3) is 0 Å². The van der Waals surface area contributed by atoms with Gasteiger partial charge in [0.15, 0.2) is 0 Å². The van der Waals surface area contributed by atoms with Crippen molar-refractivity contribution < 1.29 is 14.2 Å². The first-order valence-electron chi connectivity index (χ1n) is 8.95. The standard InChI is InChI=1S/C18H38N2O3/c1-17(2,3)20-9-7-19(8-10-20)11-12-21-13-14-22-15-16-23-18(4,5)6/h7-16H2,1-6H3. The topological polar surface area (TPSA) is 34.2 Å². The van der Waals surface area contributed by atoms with Gasteiger partial charge < -0.3 is 14.2 Å². The van der Waals surface area contributed by atoms with E-state index in [0.717, 1.165) is 39.3 Å². The predicted octanol–water partition coefficient (Wildman–Crippen LogP) is 2.25. The van der Waals surface area contributed by atoms with E-state index in [9.17, 15) is 0 Å². The van der Waals surface area contributed by atoms with Crippen molar-refractivity contribution in [3.05, 3.63) is 0 Å². The van der Waals surface area contributed by atoms with Crippen LogP contribution in [-0.4, -0.2) is 86.7 Å². The molecule has 0 aromatic heterocycles. The zero-order chi connectivity index (χ0) is 17.3. The Morgan fingerprint density at radius 3 is 1.74 bits per heavy atom. The van der Waals surface area contributed by atoms with E-state index in [0.29, 0.717) is 26.4 Å². The van der Waals surface area contributed by atoms with Gasteiger partial charge in [-0.2, -0.15) is 0 Å². The first-order valence-corrected chi connectivity index (χ1v) is 8.95. The molecule has 1 heterocycles. The number of ether oxygens (including phenoxy) is 3. The summed E-state index contributed by atoms with van der Waals surface area (Å²) in [6, 6.07) is 0. The van der Waals surface area contributed by atoms with E-state index in [1.807, 2.05) is 0 Å². The lowest BCUT2D eigenvalue weighted by Crippen LogP contribution is -2.53. The summed E-state index contributed by atoms with van der Waals surface area (Å²) >= 11 is 0. The third kappa shape index (κ3) is 10.3. The summed E-state index contributed by atoms with van der Waals surface area (Å²) in [4.78, 5) is 5.04. The van der Waals surface area contributed by atoms with Gasteiger partial charge in [0.25, 0.3) is 0 Å². The Bertz CT molecular complexity index is 302. The maximum absolute atomic E-state index is 5.66. The quantitative estimate of drug-likeness (QED) is 0.606. The monoisotopic (exact) mass is 330 g/mol. The van der Waals surface area contributed by atoms with Gasteiger partial charge in [0.05, 0.1) is 38.6 Å². The van der Waals surface area contributed by atoms with Crippen molar-refractivity contribution in [3.8, 4) is 0 Å². The van der Waals surface area contributed by atoms with Crippen LogP contribution in [0.1, 0.15) is 41.5 Å². The number of hydrogen-bond donors (Lipinski definition) is 0. The van der Waals surface area contributed by atoms with Gasteiger partial charge in [-0.25, -0.2) is 0 Å². The Morgan fingerprint density at radius 2 is 1.22 bits per heavy atom. The molecule has 0 bridgehead atoms. The molecular weight excluding hydrogens is 292 g/mol. The normalized spacial score (nSPS) is 18.5. The molecule has 0 unspecified atom stereocenters. The Labute approximate surface area is 143 Å². The molecule has 0 N–H and O–H groups in total. The summed E-state index contributed by atoms with van der Waals surface area (Å²) in [6.45, 7) is 22.0. The van der Waals surface area contributed by atoms with Crippen molar-refractivity contribution in [1.82, 2.24) is 9.80 Å². The lowest BCUT2D eigenvalue weighted by atomic mass is 10.1. The van der Waals surface area contributed by atoms with Crippen LogP contribution in [0, 0.1) is 0 Å². The Kier molecular flexibility index (Phi) is 9.01. The van der Waals surface area contributed by atoms with E-state index < -0.39 is 0 Å². The van der Waals surface area contributed by atoms with Gasteiger partial charge in [0.1, 0.15) is 0 Å². The van der Waals surface area contributed by atoms with Crippen molar-refractivity contribution >= 4 is 0 Å². The zero-order valence-electron chi connectivity index (χ0n) is 16.2. The maximum atomic E-state index is 5.66. The summed E-state index contributed by atoms with van der Waals surface area (Å²) in [5.74, 6) is 0. The molecule has 0 aromatic carbocycles. The molecule has 5 heteroatoms. The van der Waals surface area contributed by atoms with Crippen molar-refractivity contribution in [2.75, 3.05) is 65.8 Å². The molecule has 1 aliphatic heterocycles. The average Bonchev–Trinajstić information content (AvgIpc) is 2.44. The third-order valence-electron chi connectivity index (χ3n) is 4.01. The second-order valence-corrected chi connectivity index (χ2v) is 8.19. The fourth-order valence-corrected chi connectivity index (χ4v) is 2.56. The van der Waals surface area contributed by atoms with E-state index in [2.05, 4.69) is 51.3 Å². The van der Waals surface area contributed by atoms with Gasteiger partial charge in [0, 0.05) is 38.3 Å². The van der Waals surface area contributed by atoms with Crippen LogP contribution in [-0.2, 0) is 14.2 Å². The first kappa shape index (κ1) is 20.8. The number of nitrogens with zero attached hydrogens (tertiary/aromatic N) is 2. The van der Waals surface area contributed by atoms with Gasteiger partial charge in [-0.3, -0.25) is 9.80 Å². The summed E-state index contributed by atoms with van der Waals surface area (Å²) in [5.41, 5.74) is 0.202. The molecule has 5 nitrogen and oxygen atoms in total. The van der Waals surface area contributed by atoms with Crippen molar-refractivity contribution in [2.45, 2.75) is 52.7 Å². The van der Waals surface area contributed by atoms with Crippen LogP contribution >= 0.6 is 0 Å². The highest BCUT2D eigenvalue weighted by Gasteiger charge is 2.25. The van der Waals surface area contributed by atoms with Gasteiger partial charge in [-0.1, -0.05) is 0 Å². The Hall–Kier alpha value is -0.200. The maximum Gasteiger partial charge on any atom is 0.0707 e. The summed E-state index contributed by atoms with van der Waals surface area (Å²) in [6.07, 6.45) is 0. The summed E-state index contributed by atoms with van der Waals surface area (Å²) in [5, 5.41) is 0. The molecule has 0 atom stereocenters. The number of rotatable bonds is 9. The van der Waals surface area contributed by atoms with Crippen LogP contribution < -0.4 is 0 Å². The molecule has 0 aromatic rings. The van der Waals surface area contributed by atoms with Crippen LogP contribution in [0.15, 0.2) is 0 Å². The van der Waals surface area contributed by atoms with Crippen LogP contribution in [0.2, 0.25) is 0 Å². The fourth-order valence-electron chi connectivity index (χ4n) is 2.56. The van der Waals surface area contributed by atoms with Crippen LogP contribution in [0.5, 0.6) is 0 Å². The molecule has 0 radical (unpaired) electrons. The Balaban J connectivity index is 1.91. The van der Waals surface area contributed by atoms with Gasteiger partial charge in [0.2, 0.25) is 0 Å². The smallest absolute Gasteiger partial charge is 0.0707 e. The highest BCUT2D eigenvalue weighted by molar-refractivity contribution is 4.81. The first-order chi connectivity index (χ1) is 10.7. The minimum Gasteiger partial charge on any atom is -0.378 e. The van der Waals surface area contributed by atoms with Crippen LogP contribution in [0.3, 0.4) is 0 Å². The molecule has 0 amide bonds. The SMILES string of the molecule is CC(C)(C)OCCOCCOCCN1CCN(C(C)(C)C)CC1. The van der Waals surface area contributed by atoms with E-state index in [1.165, 1.54) is 0 Å². The van der Waals surface area contributed by atoms with E-state index in [-0.39, 0.29) is 11.1 Å². The molecule has 138 valence electrons. The fraction of sp³-hybridized carbons (Fsp3) is 1.00. The molecule has 1 fully saturated rings. The van der Waals surface area contributed by atoms with Crippen molar-refractivity contribution in [1.29, 1.82) is 0 Å². The van der Waals surface area contributed by atoms with Crippen molar-refractivity contribution in [2.24, 2.45) is 0 Å². The molecule has 1 aliphatic rings. The predicted molar refractivity (Wildman–Crippen MR) is 95.1 cm³/mol. The van der Waals surface area contributed by atoms with Gasteiger partial charge in [-0.15, -0.1) is 0 Å². The third-order valence-corrected chi connectivity index (χ3v) is 4.01. The zero-order valence-corrected chi connectivity index (χ0v) is 16.2. The average molecular weight is 331 g/mol. The van der Waals surface area contributed by atoms with E-state index >= 15 is 0 Å². The molecule has 1 saturated heterocycles. The Morgan fingerprint density at radius 1 is 0.696 bits per heavy atom. The number of hydrogen-bond acceptors (Lipinski definition) is 5. The van der Waals surface area contributed by atoms with E-state index in [1.54, 1.807) is 0 Å². The minimum atomic E-state index is -0.0864. The second-order valence-electron chi connectivity index (χ2n) is 8.19. The summed E-state index contributed by atoms with van der Waals surface area (Å²) in [7, 11) is 0. The lowest BCUT2D eigenvalue weighted by Gasteiger charge is -2.42. The molecule has 1 rings (SSSR count).